The molecule has 0 unspecified atom stereocenters. The zero-order valence-electron chi connectivity index (χ0n) is 14.0. The second-order valence-electron chi connectivity index (χ2n) is 7.06. The first-order valence-electron chi connectivity index (χ1n) is 8.75. The van der Waals surface area contributed by atoms with Crippen LogP contribution in [0.25, 0.3) is 0 Å². The van der Waals surface area contributed by atoms with Gasteiger partial charge in [0.2, 0.25) is 5.91 Å². The van der Waals surface area contributed by atoms with Crippen LogP contribution in [0.1, 0.15) is 31.2 Å². The number of sulfone groups is 1. The highest BCUT2D eigenvalue weighted by Gasteiger charge is 2.49. The minimum Gasteiger partial charge on any atom is -0.355 e. The number of carbonyl (C=O) groups excluding carboxylic acids is 1. The van der Waals surface area contributed by atoms with Gasteiger partial charge in [-0.15, -0.1) is 0 Å². The van der Waals surface area contributed by atoms with E-state index in [0.29, 0.717) is 5.92 Å². The third-order valence-electron chi connectivity index (χ3n) is 5.42. The number of benzene rings is 1. The van der Waals surface area contributed by atoms with Gasteiger partial charge in [0.25, 0.3) is 0 Å². The quantitative estimate of drug-likeness (QED) is 0.815. The minimum atomic E-state index is -3.22. The molecule has 2 fully saturated rings. The number of fused-ring (bicyclic) bond motifs is 1. The second-order valence-corrected chi connectivity index (χ2v) is 9.25. The molecule has 1 saturated carbocycles. The topological polar surface area (TPSA) is 75.3 Å². The van der Waals surface area contributed by atoms with Crippen molar-refractivity contribution in [3.63, 3.8) is 0 Å². The third kappa shape index (κ3) is 3.81. The van der Waals surface area contributed by atoms with E-state index in [9.17, 15) is 13.2 Å². The van der Waals surface area contributed by atoms with Crippen molar-refractivity contribution in [1.29, 1.82) is 0 Å². The summed E-state index contributed by atoms with van der Waals surface area (Å²) < 4.78 is 24.4. The average Bonchev–Trinajstić information content (AvgIpc) is 3.00. The fourth-order valence-corrected chi connectivity index (χ4v) is 5.34. The van der Waals surface area contributed by atoms with Gasteiger partial charge < -0.3 is 10.6 Å². The van der Waals surface area contributed by atoms with Crippen molar-refractivity contribution in [2.75, 3.05) is 25.4 Å². The number of amides is 1. The highest BCUT2D eigenvalue weighted by Crippen LogP contribution is 2.43. The predicted octanol–water partition coefficient (Wildman–Crippen LogP) is 1.50. The molecule has 6 heteroatoms. The Morgan fingerprint density at radius 3 is 2.83 bits per heavy atom. The Hall–Kier alpha value is -1.40. The molecule has 3 rings (SSSR count). The maximum atomic E-state index is 12.7. The van der Waals surface area contributed by atoms with E-state index in [4.69, 9.17) is 0 Å². The second kappa shape index (κ2) is 7.23. The maximum Gasteiger partial charge on any atom is 0.227 e. The van der Waals surface area contributed by atoms with Crippen LogP contribution in [0.5, 0.6) is 0 Å². The van der Waals surface area contributed by atoms with Gasteiger partial charge in [0.15, 0.2) is 9.84 Å². The molecule has 132 valence electrons. The van der Waals surface area contributed by atoms with Crippen LogP contribution in [-0.4, -0.2) is 39.7 Å². The maximum absolute atomic E-state index is 12.7. The molecule has 1 aromatic carbocycles. The molecule has 5 nitrogen and oxygen atoms in total. The first-order chi connectivity index (χ1) is 11.5. The molecule has 0 aromatic heterocycles. The molecule has 1 aliphatic carbocycles. The first kappa shape index (κ1) is 17.4. The Balaban J connectivity index is 1.53. The third-order valence-corrected chi connectivity index (χ3v) is 7.02. The van der Waals surface area contributed by atoms with E-state index in [1.54, 1.807) is 0 Å². The lowest BCUT2D eigenvalue weighted by Crippen LogP contribution is -2.48. The molecule has 1 saturated heterocycles. The van der Waals surface area contributed by atoms with Gasteiger partial charge in [-0.05, 0) is 30.9 Å². The summed E-state index contributed by atoms with van der Waals surface area (Å²) in [4.78, 5) is 12.7. The summed E-state index contributed by atoms with van der Waals surface area (Å²) in [5.41, 5.74) is 0.469. The van der Waals surface area contributed by atoms with Crippen LogP contribution in [0.3, 0.4) is 0 Å². The lowest BCUT2D eigenvalue weighted by molar-refractivity contribution is -0.133. The van der Waals surface area contributed by atoms with E-state index < -0.39 is 9.84 Å². The van der Waals surface area contributed by atoms with Crippen LogP contribution >= 0.6 is 0 Å². The monoisotopic (exact) mass is 350 g/mol. The smallest absolute Gasteiger partial charge is 0.227 e. The minimum absolute atomic E-state index is 0.0121. The van der Waals surface area contributed by atoms with Crippen molar-refractivity contribution >= 4 is 15.7 Å². The molecule has 2 atom stereocenters. The number of hydrogen-bond donors (Lipinski definition) is 2. The Morgan fingerprint density at radius 2 is 2.04 bits per heavy atom. The van der Waals surface area contributed by atoms with Crippen LogP contribution in [0.15, 0.2) is 30.3 Å². The van der Waals surface area contributed by atoms with Crippen molar-refractivity contribution in [3.05, 3.63) is 35.9 Å². The molecule has 2 N–H and O–H groups in total. The molecule has 0 spiro atoms. The van der Waals surface area contributed by atoms with Crippen molar-refractivity contribution in [3.8, 4) is 0 Å². The van der Waals surface area contributed by atoms with Gasteiger partial charge in [0.1, 0.15) is 0 Å². The van der Waals surface area contributed by atoms with Gasteiger partial charge in [-0.3, -0.25) is 4.79 Å². The highest BCUT2D eigenvalue weighted by atomic mass is 32.2. The summed E-state index contributed by atoms with van der Waals surface area (Å²) >= 11 is 0. The van der Waals surface area contributed by atoms with Crippen molar-refractivity contribution in [2.24, 2.45) is 11.3 Å². The lowest BCUT2D eigenvalue weighted by atomic mass is 9.67. The molecule has 1 heterocycles. The zero-order chi connectivity index (χ0) is 17.0. The van der Waals surface area contributed by atoms with Crippen LogP contribution < -0.4 is 10.6 Å². The SMILES string of the molecule is O=C(NCCS(=O)(=O)Cc1ccccc1)[C@@]12CCCC[C@H]1CNC2. The van der Waals surface area contributed by atoms with Crippen molar-refractivity contribution in [1.82, 2.24) is 10.6 Å². The normalized spacial score (nSPS) is 26.8. The van der Waals surface area contributed by atoms with Crippen LogP contribution in [0.2, 0.25) is 0 Å². The van der Waals surface area contributed by atoms with E-state index in [2.05, 4.69) is 10.6 Å². The predicted molar refractivity (Wildman–Crippen MR) is 94.2 cm³/mol. The van der Waals surface area contributed by atoms with E-state index in [-0.39, 0.29) is 29.4 Å². The van der Waals surface area contributed by atoms with Gasteiger partial charge in [-0.25, -0.2) is 8.42 Å². The van der Waals surface area contributed by atoms with Crippen molar-refractivity contribution in [2.45, 2.75) is 31.4 Å². The van der Waals surface area contributed by atoms with Crippen LogP contribution in [-0.2, 0) is 20.4 Å². The van der Waals surface area contributed by atoms with Gasteiger partial charge in [0, 0.05) is 13.1 Å². The molecule has 1 aromatic rings. The first-order valence-corrected chi connectivity index (χ1v) is 10.6. The molecule has 0 bridgehead atoms. The molecular weight excluding hydrogens is 324 g/mol. The van der Waals surface area contributed by atoms with E-state index in [1.165, 1.54) is 6.42 Å². The molecular formula is C18H26N2O3S. The summed E-state index contributed by atoms with van der Waals surface area (Å²) in [6.07, 6.45) is 4.27. The standard InChI is InChI=1S/C18H26N2O3S/c21-17(18-9-5-4-8-16(18)12-19-14-18)20-10-11-24(22,23)13-15-6-2-1-3-7-15/h1-3,6-7,16,19H,4-5,8-14H2,(H,20,21)/t16-,18+/m0/s1. The van der Waals surface area contributed by atoms with Crippen LogP contribution in [0, 0.1) is 11.3 Å². The summed E-state index contributed by atoms with van der Waals surface area (Å²) in [6.45, 7) is 1.82. The van der Waals surface area contributed by atoms with Gasteiger partial charge >= 0.3 is 0 Å². The van der Waals surface area contributed by atoms with E-state index in [1.807, 2.05) is 30.3 Å². The lowest BCUT2D eigenvalue weighted by Gasteiger charge is -2.37. The number of hydrogen-bond acceptors (Lipinski definition) is 4. The Morgan fingerprint density at radius 1 is 1.25 bits per heavy atom. The van der Waals surface area contributed by atoms with E-state index in [0.717, 1.165) is 37.9 Å². The van der Waals surface area contributed by atoms with Gasteiger partial charge in [-0.2, -0.15) is 0 Å². The van der Waals surface area contributed by atoms with Crippen LogP contribution in [0.4, 0.5) is 0 Å². The fourth-order valence-electron chi connectivity index (χ4n) is 4.09. The number of carbonyl (C=O) groups is 1. The summed E-state index contributed by atoms with van der Waals surface area (Å²) in [7, 11) is -3.22. The molecule has 0 radical (unpaired) electrons. The van der Waals surface area contributed by atoms with Gasteiger partial charge in [0.05, 0.1) is 16.9 Å². The molecule has 2 aliphatic rings. The fraction of sp³-hybridized carbons (Fsp3) is 0.611. The van der Waals surface area contributed by atoms with E-state index >= 15 is 0 Å². The molecule has 1 amide bonds. The summed E-state index contributed by atoms with van der Waals surface area (Å²) in [6, 6.07) is 9.16. The zero-order valence-corrected chi connectivity index (χ0v) is 14.8. The van der Waals surface area contributed by atoms with Crippen molar-refractivity contribution < 1.29 is 13.2 Å². The number of rotatable bonds is 6. The molecule has 24 heavy (non-hydrogen) atoms. The Kier molecular flexibility index (Phi) is 5.25. The van der Waals surface area contributed by atoms with Gasteiger partial charge in [-0.1, -0.05) is 43.2 Å². The summed E-state index contributed by atoms with van der Waals surface area (Å²) in [5, 5.41) is 6.24. The Bertz CT molecular complexity index is 675. The average molecular weight is 350 g/mol. The number of nitrogens with one attached hydrogen (secondary N) is 2. The molecule has 1 aliphatic heterocycles. The summed E-state index contributed by atoms with van der Waals surface area (Å²) in [5.74, 6) is 0.445. The Labute approximate surface area is 144 Å². The highest BCUT2D eigenvalue weighted by molar-refractivity contribution is 7.90. The largest absolute Gasteiger partial charge is 0.355 e.